The summed E-state index contributed by atoms with van der Waals surface area (Å²) < 4.78 is 1.65. The minimum absolute atomic E-state index is 0.138. The van der Waals surface area contributed by atoms with Gasteiger partial charge in [0.1, 0.15) is 11.5 Å². The van der Waals surface area contributed by atoms with Crippen molar-refractivity contribution in [2.75, 3.05) is 5.01 Å². The van der Waals surface area contributed by atoms with Crippen LogP contribution in [0.4, 0.5) is 17.1 Å². The number of azo groups is 1. The molecule has 1 amide bonds. The number of aliphatic imine (C=N–C) groups is 1. The van der Waals surface area contributed by atoms with Crippen molar-refractivity contribution in [1.29, 1.82) is 0 Å². The van der Waals surface area contributed by atoms with E-state index in [-0.39, 0.29) is 11.5 Å². The number of amides is 1. The van der Waals surface area contributed by atoms with Crippen LogP contribution in [0.3, 0.4) is 0 Å². The van der Waals surface area contributed by atoms with E-state index in [9.17, 15) is 9.59 Å². The molecule has 0 N–H and O–H groups in total. The van der Waals surface area contributed by atoms with Crippen LogP contribution in [0.1, 0.15) is 18.1 Å². The monoisotopic (exact) mass is 678 g/mol. The maximum Gasteiger partial charge on any atom is 0.280 e. The van der Waals surface area contributed by atoms with Crippen LogP contribution in [0.5, 0.6) is 0 Å². The number of rotatable bonds is 8. The number of aromatic nitrogens is 3. The third-order valence-electron chi connectivity index (χ3n) is 8.65. The van der Waals surface area contributed by atoms with Gasteiger partial charge in [0.2, 0.25) is 0 Å². The number of anilines is 1. The predicted octanol–water partition coefficient (Wildman–Crippen LogP) is 8.49. The van der Waals surface area contributed by atoms with Crippen molar-refractivity contribution in [3.8, 4) is 17.1 Å². The number of hydrazone groups is 1. The Morgan fingerprint density at radius 2 is 1.35 bits per heavy atom. The van der Waals surface area contributed by atoms with Gasteiger partial charge < -0.3 is 0 Å². The van der Waals surface area contributed by atoms with E-state index in [4.69, 9.17) is 9.98 Å². The molecule has 250 valence electrons. The van der Waals surface area contributed by atoms with Crippen molar-refractivity contribution in [1.82, 2.24) is 14.5 Å². The predicted molar refractivity (Wildman–Crippen MR) is 204 cm³/mol. The molecule has 3 heterocycles. The van der Waals surface area contributed by atoms with Gasteiger partial charge >= 0.3 is 0 Å². The van der Waals surface area contributed by atoms with Gasteiger partial charge in [-0.3, -0.25) is 24.1 Å². The normalized spacial score (nSPS) is 14.7. The Labute approximate surface area is 298 Å². The molecule has 1 aliphatic heterocycles. The quantitative estimate of drug-likeness (QED) is 0.118. The van der Waals surface area contributed by atoms with Crippen LogP contribution in [0, 0.1) is 0 Å². The SMILES string of the molecule is CC(=Nc1ccc(-n2c(-c3ccccc3)nc3ccccc3c2=O)cc1)c1ccc(N=NC2C(=O)N(c3ccccc3)N=C2c2cccnc2)cc1. The molecule has 0 radical (unpaired) electrons. The molecule has 7 aromatic rings. The Balaban J connectivity index is 1.03. The highest BCUT2D eigenvalue weighted by atomic mass is 16.2. The number of nitrogens with zero attached hydrogens (tertiary/aromatic N) is 8. The molecule has 5 aromatic carbocycles. The van der Waals surface area contributed by atoms with Crippen molar-refractivity contribution < 1.29 is 4.79 Å². The van der Waals surface area contributed by atoms with Gasteiger partial charge in [-0.15, -0.1) is 0 Å². The second kappa shape index (κ2) is 14.0. The second-order valence-electron chi connectivity index (χ2n) is 12.1. The van der Waals surface area contributed by atoms with Crippen molar-refractivity contribution in [3.63, 3.8) is 0 Å². The number of para-hydroxylation sites is 2. The smallest absolute Gasteiger partial charge is 0.269 e. The van der Waals surface area contributed by atoms with Crippen molar-refractivity contribution in [2.45, 2.75) is 13.0 Å². The van der Waals surface area contributed by atoms with Crippen LogP contribution in [0.2, 0.25) is 0 Å². The highest BCUT2D eigenvalue weighted by Gasteiger charge is 2.38. The molecule has 0 saturated carbocycles. The van der Waals surface area contributed by atoms with Gasteiger partial charge in [0.15, 0.2) is 6.04 Å². The number of fused-ring (bicyclic) bond motifs is 1. The molecule has 1 aliphatic rings. The van der Waals surface area contributed by atoms with Gasteiger partial charge in [0.05, 0.1) is 33.7 Å². The Morgan fingerprint density at radius 3 is 2.08 bits per heavy atom. The fourth-order valence-electron chi connectivity index (χ4n) is 6.01. The van der Waals surface area contributed by atoms with E-state index in [1.165, 1.54) is 5.01 Å². The number of hydrogen-bond donors (Lipinski definition) is 0. The lowest BCUT2D eigenvalue weighted by atomic mass is 10.1. The zero-order chi connectivity index (χ0) is 35.4. The summed E-state index contributed by atoms with van der Waals surface area (Å²) in [7, 11) is 0. The Morgan fingerprint density at radius 1 is 0.673 bits per heavy atom. The first-order chi connectivity index (χ1) is 25.5. The van der Waals surface area contributed by atoms with Gasteiger partial charge in [0.25, 0.3) is 11.5 Å². The summed E-state index contributed by atoms with van der Waals surface area (Å²) in [6.07, 6.45) is 3.33. The zero-order valence-corrected chi connectivity index (χ0v) is 28.0. The maximum atomic E-state index is 13.7. The van der Waals surface area contributed by atoms with E-state index in [1.807, 2.05) is 140 Å². The lowest BCUT2D eigenvalue weighted by Gasteiger charge is -2.14. The number of hydrogen-bond acceptors (Lipinski definition) is 8. The summed E-state index contributed by atoms with van der Waals surface area (Å²) in [4.78, 5) is 41.1. The molecule has 0 fully saturated rings. The minimum Gasteiger partial charge on any atom is -0.269 e. The van der Waals surface area contributed by atoms with Gasteiger partial charge in [-0.1, -0.05) is 72.8 Å². The second-order valence-corrected chi connectivity index (χ2v) is 12.1. The molecule has 0 aliphatic carbocycles. The van der Waals surface area contributed by atoms with Crippen LogP contribution < -0.4 is 10.6 Å². The third kappa shape index (κ3) is 6.32. The summed E-state index contributed by atoms with van der Waals surface area (Å²) in [5.41, 5.74) is 6.89. The molecule has 52 heavy (non-hydrogen) atoms. The van der Waals surface area contributed by atoms with E-state index >= 15 is 0 Å². The van der Waals surface area contributed by atoms with Crippen LogP contribution in [-0.4, -0.2) is 37.9 Å². The minimum atomic E-state index is -0.916. The largest absolute Gasteiger partial charge is 0.280 e. The molecular formula is C42H30N8O2. The first-order valence-electron chi connectivity index (χ1n) is 16.7. The first-order valence-corrected chi connectivity index (χ1v) is 16.7. The Bertz CT molecular complexity index is 2550. The summed E-state index contributed by atoms with van der Waals surface area (Å²) >= 11 is 0. The Kier molecular flexibility index (Phi) is 8.60. The molecule has 10 nitrogen and oxygen atoms in total. The fourth-order valence-corrected chi connectivity index (χ4v) is 6.01. The van der Waals surface area contributed by atoms with Gasteiger partial charge in [-0.25, -0.2) is 4.98 Å². The van der Waals surface area contributed by atoms with Gasteiger partial charge in [-0.05, 0) is 85.3 Å². The van der Waals surface area contributed by atoms with Crippen LogP contribution >= 0.6 is 0 Å². The highest BCUT2D eigenvalue weighted by Crippen LogP contribution is 2.27. The zero-order valence-electron chi connectivity index (χ0n) is 28.0. The number of carbonyl (C=O) groups is 1. The number of pyridine rings is 1. The molecular weight excluding hydrogens is 649 g/mol. The van der Waals surface area contributed by atoms with Crippen molar-refractivity contribution in [3.05, 3.63) is 179 Å². The molecule has 1 atom stereocenters. The highest BCUT2D eigenvalue weighted by molar-refractivity contribution is 6.24. The maximum absolute atomic E-state index is 13.7. The summed E-state index contributed by atoms with van der Waals surface area (Å²) in [5.74, 6) is 0.276. The van der Waals surface area contributed by atoms with Crippen molar-refractivity contribution >= 4 is 45.3 Å². The molecule has 1 unspecified atom stereocenters. The van der Waals surface area contributed by atoms with Crippen LogP contribution in [-0.2, 0) is 4.79 Å². The lowest BCUT2D eigenvalue weighted by Crippen LogP contribution is -2.30. The van der Waals surface area contributed by atoms with Gasteiger partial charge in [0, 0.05) is 29.2 Å². The van der Waals surface area contributed by atoms with E-state index in [0.29, 0.717) is 45.1 Å². The number of benzene rings is 5. The van der Waals surface area contributed by atoms with Crippen LogP contribution in [0.15, 0.2) is 183 Å². The van der Waals surface area contributed by atoms with Crippen molar-refractivity contribution in [2.24, 2.45) is 20.3 Å². The number of carbonyl (C=O) groups excluding carboxylic acids is 1. The lowest BCUT2D eigenvalue weighted by molar-refractivity contribution is -0.117. The third-order valence-corrected chi connectivity index (χ3v) is 8.65. The molecule has 10 heteroatoms. The molecule has 0 saturated heterocycles. The summed E-state index contributed by atoms with van der Waals surface area (Å²) in [6, 6.07) is 44.1. The standard InChI is InChI=1S/C42H30N8O2/c1-28(44-32-22-24-34(25-23-32)49-40(30-11-4-2-5-12-30)45-37-17-9-8-16-36(37)41(49)51)29-18-20-33(21-19-29)46-47-39-38(31-13-10-26-43-27-31)48-50(42(39)52)35-14-6-3-7-15-35/h2-27,39H,1H3. The van der Waals surface area contributed by atoms with E-state index in [2.05, 4.69) is 20.3 Å². The molecule has 2 aromatic heterocycles. The average molecular weight is 679 g/mol. The summed E-state index contributed by atoms with van der Waals surface area (Å²) in [5, 5.41) is 15.4. The molecule has 0 bridgehead atoms. The van der Waals surface area contributed by atoms with E-state index in [1.54, 1.807) is 29.1 Å². The van der Waals surface area contributed by atoms with E-state index < -0.39 is 6.04 Å². The fraction of sp³-hybridized carbons (Fsp3) is 0.0476. The van der Waals surface area contributed by atoms with E-state index in [0.717, 1.165) is 22.5 Å². The first kappa shape index (κ1) is 32.0. The average Bonchev–Trinajstić information content (AvgIpc) is 3.54. The molecule has 0 spiro atoms. The van der Waals surface area contributed by atoms with Crippen LogP contribution in [0.25, 0.3) is 28.0 Å². The topological polar surface area (TPSA) is 118 Å². The Hall–Kier alpha value is -7.20. The summed E-state index contributed by atoms with van der Waals surface area (Å²) in [6.45, 7) is 1.93. The molecule has 8 rings (SSSR count). The van der Waals surface area contributed by atoms with Gasteiger partial charge in [-0.2, -0.15) is 20.3 Å².